The van der Waals surface area contributed by atoms with E-state index in [0.29, 0.717) is 0 Å². The normalized spacial score (nSPS) is 13.0. The summed E-state index contributed by atoms with van der Waals surface area (Å²) in [5.74, 6) is -1.09. The predicted molar refractivity (Wildman–Crippen MR) is 91.5 cm³/mol. The lowest BCUT2D eigenvalue weighted by molar-refractivity contribution is 0.0696. The van der Waals surface area contributed by atoms with Crippen LogP contribution in [0.2, 0.25) is 0 Å². The Balaban J connectivity index is 2.14. The Morgan fingerprint density at radius 2 is 1.67 bits per heavy atom. The van der Waals surface area contributed by atoms with Gasteiger partial charge in [0.1, 0.15) is 0 Å². The molecule has 2 N–H and O–H groups in total. The van der Waals surface area contributed by atoms with E-state index >= 15 is 0 Å². The number of carboxylic acids is 1. The van der Waals surface area contributed by atoms with Crippen LogP contribution in [-0.4, -0.2) is 45.0 Å². The van der Waals surface area contributed by atoms with Crippen LogP contribution >= 0.6 is 0 Å². The first-order chi connectivity index (χ1) is 11.3. The summed E-state index contributed by atoms with van der Waals surface area (Å²) >= 11 is 0. The molecule has 128 valence electrons. The lowest BCUT2D eigenvalue weighted by Gasteiger charge is -2.25. The van der Waals surface area contributed by atoms with Gasteiger partial charge >= 0.3 is 5.97 Å². The van der Waals surface area contributed by atoms with Gasteiger partial charge in [0.25, 0.3) is 0 Å². The standard InChI is InChI=1S/C17H20N2O4S/c1-19(2)16(13-6-4-3-5-7-13)12-18-24(22,23)15-10-8-14(9-11-15)17(20)21/h3-11,16,18H,12H2,1-2H3,(H,20,21). The van der Waals surface area contributed by atoms with E-state index in [1.165, 1.54) is 24.3 Å². The number of sulfonamides is 1. The number of benzene rings is 2. The van der Waals surface area contributed by atoms with Gasteiger partial charge in [0.2, 0.25) is 10.0 Å². The Morgan fingerprint density at radius 1 is 1.08 bits per heavy atom. The third-order valence-corrected chi connectivity index (χ3v) is 5.13. The van der Waals surface area contributed by atoms with Crippen molar-refractivity contribution in [3.63, 3.8) is 0 Å². The van der Waals surface area contributed by atoms with Crippen molar-refractivity contribution in [1.82, 2.24) is 9.62 Å². The van der Waals surface area contributed by atoms with Crippen LogP contribution in [-0.2, 0) is 10.0 Å². The number of carboxylic acid groups (broad SMARTS) is 1. The number of aromatic carboxylic acids is 1. The van der Waals surface area contributed by atoms with E-state index in [0.717, 1.165) is 5.56 Å². The third-order valence-electron chi connectivity index (χ3n) is 3.69. The van der Waals surface area contributed by atoms with E-state index in [2.05, 4.69) is 4.72 Å². The molecule has 2 rings (SSSR count). The van der Waals surface area contributed by atoms with Crippen LogP contribution in [0.5, 0.6) is 0 Å². The number of carbonyl (C=O) groups is 1. The highest BCUT2D eigenvalue weighted by Gasteiger charge is 2.19. The summed E-state index contributed by atoms with van der Waals surface area (Å²) in [4.78, 5) is 12.8. The highest BCUT2D eigenvalue weighted by atomic mass is 32.2. The van der Waals surface area contributed by atoms with Gasteiger partial charge in [-0.25, -0.2) is 17.9 Å². The van der Waals surface area contributed by atoms with Gasteiger partial charge in [0, 0.05) is 12.6 Å². The number of nitrogens with zero attached hydrogens (tertiary/aromatic N) is 1. The van der Waals surface area contributed by atoms with Crippen LogP contribution in [0.1, 0.15) is 22.0 Å². The minimum atomic E-state index is -3.71. The summed E-state index contributed by atoms with van der Waals surface area (Å²) in [5, 5.41) is 8.87. The molecule has 2 aromatic rings. The van der Waals surface area contributed by atoms with Gasteiger partial charge in [-0.3, -0.25) is 0 Å². The maximum atomic E-state index is 12.4. The summed E-state index contributed by atoms with van der Waals surface area (Å²) in [6, 6.07) is 14.6. The first-order valence-corrected chi connectivity index (χ1v) is 8.84. The largest absolute Gasteiger partial charge is 0.478 e. The second kappa shape index (κ2) is 7.57. The molecule has 0 aliphatic heterocycles. The molecule has 0 spiro atoms. The number of likely N-dealkylation sites (N-methyl/N-ethyl adjacent to an activating group) is 1. The topological polar surface area (TPSA) is 86.7 Å². The molecule has 0 heterocycles. The number of nitrogens with one attached hydrogen (secondary N) is 1. The highest BCUT2D eigenvalue weighted by molar-refractivity contribution is 7.89. The average Bonchev–Trinajstić information content (AvgIpc) is 2.55. The summed E-state index contributed by atoms with van der Waals surface area (Å²) in [7, 11) is 0.0562. The molecule has 7 heteroatoms. The Labute approximate surface area is 141 Å². The maximum Gasteiger partial charge on any atom is 0.335 e. The van der Waals surface area contributed by atoms with Crippen molar-refractivity contribution in [2.45, 2.75) is 10.9 Å². The fourth-order valence-corrected chi connectivity index (χ4v) is 3.36. The molecule has 0 fully saturated rings. The summed E-state index contributed by atoms with van der Waals surface area (Å²) in [6.07, 6.45) is 0. The molecule has 6 nitrogen and oxygen atoms in total. The summed E-state index contributed by atoms with van der Waals surface area (Å²) in [6.45, 7) is 0.208. The van der Waals surface area contributed by atoms with Gasteiger partial charge in [-0.05, 0) is 43.9 Å². The fourth-order valence-electron chi connectivity index (χ4n) is 2.32. The molecule has 0 aliphatic rings. The van der Waals surface area contributed by atoms with Crippen molar-refractivity contribution >= 4 is 16.0 Å². The molecule has 1 unspecified atom stereocenters. The first kappa shape index (κ1) is 18.1. The Hall–Kier alpha value is -2.22. The minimum absolute atomic E-state index is 0.0399. The van der Waals surface area contributed by atoms with E-state index in [4.69, 9.17) is 5.11 Å². The lowest BCUT2D eigenvalue weighted by atomic mass is 10.1. The number of hydrogen-bond acceptors (Lipinski definition) is 4. The van der Waals surface area contributed by atoms with Gasteiger partial charge in [-0.1, -0.05) is 30.3 Å². The average molecular weight is 348 g/mol. The zero-order chi connectivity index (χ0) is 17.7. The van der Waals surface area contributed by atoms with Gasteiger partial charge in [0.05, 0.1) is 10.5 Å². The molecular formula is C17H20N2O4S. The van der Waals surface area contributed by atoms with Gasteiger partial charge < -0.3 is 10.0 Å². The Bertz CT molecular complexity index is 787. The van der Waals surface area contributed by atoms with E-state index in [1.807, 2.05) is 49.3 Å². The molecule has 24 heavy (non-hydrogen) atoms. The van der Waals surface area contributed by atoms with Crippen LogP contribution in [0, 0.1) is 0 Å². The van der Waals surface area contributed by atoms with Crippen molar-refractivity contribution < 1.29 is 18.3 Å². The van der Waals surface area contributed by atoms with Crippen molar-refractivity contribution in [1.29, 1.82) is 0 Å². The smallest absolute Gasteiger partial charge is 0.335 e. The minimum Gasteiger partial charge on any atom is -0.478 e. The maximum absolute atomic E-state index is 12.4. The van der Waals surface area contributed by atoms with Crippen LogP contribution < -0.4 is 4.72 Å². The molecule has 0 aliphatic carbocycles. The molecule has 1 atom stereocenters. The quantitative estimate of drug-likeness (QED) is 0.799. The fraction of sp³-hybridized carbons (Fsp3) is 0.235. The summed E-state index contributed by atoms with van der Waals surface area (Å²) < 4.78 is 27.4. The Morgan fingerprint density at radius 3 is 2.17 bits per heavy atom. The zero-order valence-corrected chi connectivity index (χ0v) is 14.3. The van der Waals surface area contributed by atoms with E-state index in [1.54, 1.807) is 0 Å². The Kier molecular flexibility index (Phi) is 5.71. The second-order valence-corrected chi connectivity index (χ2v) is 7.34. The van der Waals surface area contributed by atoms with Crippen LogP contribution in [0.4, 0.5) is 0 Å². The lowest BCUT2D eigenvalue weighted by Crippen LogP contribution is -2.34. The van der Waals surface area contributed by atoms with Crippen LogP contribution in [0.15, 0.2) is 59.5 Å². The molecule has 2 aromatic carbocycles. The van der Waals surface area contributed by atoms with Crippen molar-refractivity contribution in [3.8, 4) is 0 Å². The summed E-state index contributed by atoms with van der Waals surface area (Å²) in [5.41, 5.74) is 1.05. The predicted octanol–water partition coefficient (Wildman–Crippen LogP) is 1.97. The molecule has 0 aromatic heterocycles. The molecule has 0 saturated heterocycles. The second-order valence-electron chi connectivity index (χ2n) is 5.57. The van der Waals surface area contributed by atoms with Crippen molar-refractivity contribution in [3.05, 3.63) is 65.7 Å². The van der Waals surface area contributed by atoms with Crippen LogP contribution in [0.25, 0.3) is 0 Å². The van der Waals surface area contributed by atoms with E-state index in [9.17, 15) is 13.2 Å². The zero-order valence-electron chi connectivity index (χ0n) is 13.5. The van der Waals surface area contributed by atoms with Gasteiger partial charge in [-0.15, -0.1) is 0 Å². The van der Waals surface area contributed by atoms with Gasteiger partial charge in [0.15, 0.2) is 0 Å². The van der Waals surface area contributed by atoms with Crippen molar-refractivity contribution in [2.24, 2.45) is 0 Å². The SMILES string of the molecule is CN(C)C(CNS(=O)(=O)c1ccc(C(=O)O)cc1)c1ccccc1. The van der Waals surface area contributed by atoms with E-state index < -0.39 is 16.0 Å². The molecular weight excluding hydrogens is 328 g/mol. The van der Waals surface area contributed by atoms with Crippen molar-refractivity contribution in [2.75, 3.05) is 20.6 Å². The third kappa shape index (κ3) is 4.41. The highest BCUT2D eigenvalue weighted by Crippen LogP contribution is 2.18. The van der Waals surface area contributed by atoms with Gasteiger partial charge in [-0.2, -0.15) is 0 Å². The molecule has 0 amide bonds. The molecule has 0 bridgehead atoms. The monoisotopic (exact) mass is 348 g/mol. The molecule has 0 saturated carbocycles. The number of rotatable bonds is 7. The van der Waals surface area contributed by atoms with Crippen LogP contribution in [0.3, 0.4) is 0 Å². The first-order valence-electron chi connectivity index (χ1n) is 7.35. The van der Waals surface area contributed by atoms with E-state index in [-0.39, 0.29) is 23.0 Å². The molecule has 0 radical (unpaired) electrons. The number of hydrogen-bond donors (Lipinski definition) is 2.